The first-order valence-corrected chi connectivity index (χ1v) is 9.08. The molecule has 3 rings (SSSR count). The fraction of sp³-hybridized carbons (Fsp3) is 0.632. The van der Waals surface area contributed by atoms with Crippen molar-refractivity contribution in [2.24, 2.45) is 5.92 Å². The average Bonchev–Trinajstić information content (AvgIpc) is 2.94. The quantitative estimate of drug-likeness (QED) is 0.740. The third-order valence-electron chi connectivity index (χ3n) is 4.92. The summed E-state index contributed by atoms with van der Waals surface area (Å²) in [7, 11) is 1.54. The van der Waals surface area contributed by atoms with Crippen LogP contribution in [0.4, 0.5) is 8.78 Å². The van der Waals surface area contributed by atoms with E-state index in [-0.39, 0.29) is 38.6 Å². The minimum Gasteiger partial charge on any atom is -0.493 e. The number of alkyl halides is 2. The van der Waals surface area contributed by atoms with E-state index < -0.39 is 12.0 Å². The van der Waals surface area contributed by atoms with E-state index in [1.165, 1.54) is 7.11 Å². The van der Waals surface area contributed by atoms with Gasteiger partial charge in [0.05, 0.1) is 25.6 Å². The number of likely N-dealkylation sites (tertiary alicyclic amines) is 2. The molecule has 1 N–H and O–H groups in total. The minimum atomic E-state index is -2.67. The highest BCUT2D eigenvalue weighted by atomic mass is 19.3. The van der Waals surface area contributed by atoms with Crippen molar-refractivity contribution in [2.75, 3.05) is 46.4 Å². The van der Waals surface area contributed by atoms with Gasteiger partial charge in [0, 0.05) is 39.1 Å². The Morgan fingerprint density at radius 2 is 2.11 bits per heavy atom. The molecule has 2 saturated heterocycles. The van der Waals surface area contributed by atoms with Crippen molar-refractivity contribution < 1.29 is 23.4 Å². The van der Waals surface area contributed by atoms with Crippen LogP contribution in [0, 0.1) is 17.2 Å². The summed E-state index contributed by atoms with van der Waals surface area (Å²) in [5.41, 5.74) is 1.02. The minimum absolute atomic E-state index is 0.00209. The molecule has 1 aromatic carbocycles. The predicted octanol–water partition coefficient (Wildman–Crippen LogP) is 1.73. The van der Waals surface area contributed by atoms with Crippen LogP contribution in [0.3, 0.4) is 0 Å². The molecule has 0 aliphatic carbocycles. The fourth-order valence-electron chi connectivity index (χ4n) is 3.47. The Morgan fingerprint density at radius 3 is 2.74 bits per heavy atom. The summed E-state index contributed by atoms with van der Waals surface area (Å²) in [6.07, 6.45) is -1.03. The van der Waals surface area contributed by atoms with Crippen LogP contribution in [0.25, 0.3) is 0 Å². The van der Waals surface area contributed by atoms with Gasteiger partial charge in [0.1, 0.15) is 12.7 Å². The van der Waals surface area contributed by atoms with Crippen LogP contribution in [0.1, 0.15) is 12.0 Å². The highest BCUT2D eigenvalue weighted by molar-refractivity contribution is 5.43. The third kappa shape index (κ3) is 5.28. The van der Waals surface area contributed by atoms with Gasteiger partial charge in [-0.15, -0.1) is 0 Å². The van der Waals surface area contributed by atoms with Gasteiger partial charge in [-0.2, -0.15) is 5.26 Å². The molecule has 27 heavy (non-hydrogen) atoms. The molecule has 2 fully saturated rings. The molecule has 0 bridgehead atoms. The van der Waals surface area contributed by atoms with Crippen molar-refractivity contribution in [2.45, 2.75) is 25.0 Å². The van der Waals surface area contributed by atoms with E-state index in [0.29, 0.717) is 18.0 Å². The van der Waals surface area contributed by atoms with E-state index in [0.717, 1.165) is 18.7 Å². The SMILES string of the molecule is COc1ccc(CN2CC(C#N)C2)cc1OCC(O)CN1CCC(F)(F)C1. The van der Waals surface area contributed by atoms with Crippen molar-refractivity contribution in [1.29, 1.82) is 5.26 Å². The maximum absolute atomic E-state index is 13.2. The largest absolute Gasteiger partial charge is 0.493 e. The van der Waals surface area contributed by atoms with E-state index in [9.17, 15) is 13.9 Å². The maximum Gasteiger partial charge on any atom is 0.261 e. The number of aliphatic hydroxyl groups is 1. The molecule has 8 heteroatoms. The highest BCUT2D eigenvalue weighted by Crippen LogP contribution is 2.30. The average molecular weight is 381 g/mol. The lowest BCUT2D eigenvalue weighted by Gasteiger charge is -2.35. The Labute approximate surface area is 157 Å². The number of rotatable bonds is 8. The van der Waals surface area contributed by atoms with Gasteiger partial charge in [-0.05, 0) is 17.7 Å². The summed E-state index contributed by atoms with van der Waals surface area (Å²) in [6.45, 7) is 2.35. The normalized spacial score (nSPS) is 21.4. The van der Waals surface area contributed by atoms with Gasteiger partial charge in [0.15, 0.2) is 11.5 Å². The molecule has 2 aliphatic rings. The number of nitriles is 1. The Balaban J connectivity index is 1.52. The first-order chi connectivity index (χ1) is 12.9. The number of ether oxygens (including phenoxy) is 2. The van der Waals surface area contributed by atoms with Crippen molar-refractivity contribution in [3.05, 3.63) is 23.8 Å². The Morgan fingerprint density at radius 1 is 1.33 bits per heavy atom. The topological polar surface area (TPSA) is 69.0 Å². The second-order valence-corrected chi connectivity index (χ2v) is 7.31. The third-order valence-corrected chi connectivity index (χ3v) is 4.92. The molecule has 1 aromatic rings. The van der Waals surface area contributed by atoms with Gasteiger partial charge in [-0.25, -0.2) is 8.78 Å². The highest BCUT2D eigenvalue weighted by Gasteiger charge is 2.38. The number of hydrogen-bond acceptors (Lipinski definition) is 6. The van der Waals surface area contributed by atoms with Crippen LogP contribution in [-0.4, -0.2) is 73.4 Å². The number of hydrogen-bond donors (Lipinski definition) is 1. The lowest BCUT2D eigenvalue weighted by atomic mass is 10.0. The summed E-state index contributed by atoms with van der Waals surface area (Å²) in [4.78, 5) is 3.72. The Bertz CT molecular complexity index is 689. The summed E-state index contributed by atoms with van der Waals surface area (Å²) >= 11 is 0. The summed E-state index contributed by atoms with van der Waals surface area (Å²) in [6, 6.07) is 7.85. The van der Waals surface area contributed by atoms with Gasteiger partial charge in [0.25, 0.3) is 5.92 Å². The monoisotopic (exact) mass is 381 g/mol. The zero-order valence-electron chi connectivity index (χ0n) is 15.4. The van der Waals surface area contributed by atoms with Gasteiger partial charge in [0.2, 0.25) is 0 Å². The van der Waals surface area contributed by atoms with E-state index >= 15 is 0 Å². The standard InChI is InChI=1S/C19H25F2N3O3/c1-26-17-3-2-14(8-24-9-15(7-22)10-24)6-18(17)27-12-16(25)11-23-5-4-19(20,21)13-23/h2-3,6,15-16,25H,4-5,8-13H2,1H3. The molecular formula is C19H25F2N3O3. The van der Waals surface area contributed by atoms with Crippen LogP contribution >= 0.6 is 0 Å². The molecule has 2 aliphatic heterocycles. The van der Waals surface area contributed by atoms with Crippen LogP contribution < -0.4 is 9.47 Å². The van der Waals surface area contributed by atoms with E-state index in [1.807, 2.05) is 12.1 Å². The molecule has 0 radical (unpaired) electrons. The fourth-order valence-corrected chi connectivity index (χ4v) is 3.47. The molecular weight excluding hydrogens is 356 g/mol. The van der Waals surface area contributed by atoms with Gasteiger partial charge in [-0.1, -0.05) is 6.07 Å². The Kier molecular flexibility index (Phi) is 6.15. The molecule has 148 valence electrons. The second kappa shape index (κ2) is 8.38. The zero-order valence-corrected chi connectivity index (χ0v) is 15.4. The maximum atomic E-state index is 13.2. The molecule has 1 unspecified atom stereocenters. The number of benzene rings is 1. The smallest absolute Gasteiger partial charge is 0.261 e. The number of halogens is 2. The molecule has 0 saturated carbocycles. The number of methoxy groups -OCH3 is 1. The van der Waals surface area contributed by atoms with Crippen molar-refractivity contribution in [3.63, 3.8) is 0 Å². The van der Waals surface area contributed by atoms with Crippen LogP contribution in [0.5, 0.6) is 11.5 Å². The second-order valence-electron chi connectivity index (χ2n) is 7.31. The first kappa shape index (κ1) is 19.8. The summed E-state index contributed by atoms with van der Waals surface area (Å²) < 4.78 is 37.5. The van der Waals surface area contributed by atoms with E-state index in [1.54, 1.807) is 11.0 Å². The summed E-state index contributed by atoms with van der Waals surface area (Å²) in [5, 5.41) is 19.0. The van der Waals surface area contributed by atoms with Gasteiger partial charge < -0.3 is 14.6 Å². The first-order valence-electron chi connectivity index (χ1n) is 9.08. The number of aliphatic hydroxyl groups excluding tert-OH is 1. The van der Waals surface area contributed by atoms with Crippen molar-refractivity contribution in [1.82, 2.24) is 9.80 Å². The van der Waals surface area contributed by atoms with Crippen molar-refractivity contribution >= 4 is 0 Å². The molecule has 1 atom stereocenters. The van der Waals surface area contributed by atoms with Gasteiger partial charge >= 0.3 is 0 Å². The van der Waals surface area contributed by atoms with Crippen LogP contribution in [-0.2, 0) is 6.54 Å². The van der Waals surface area contributed by atoms with Crippen LogP contribution in [0.2, 0.25) is 0 Å². The number of β-amino-alcohol motifs (C(OH)–C–C–N with tert-alkyl or cyclic N) is 1. The van der Waals surface area contributed by atoms with Crippen LogP contribution in [0.15, 0.2) is 18.2 Å². The lowest BCUT2D eigenvalue weighted by molar-refractivity contribution is 0.00454. The zero-order chi connectivity index (χ0) is 19.4. The number of nitrogens with zero attached hydrogens (tertiary/aromatic N) is 3. The molecule has 6 nitrogen and oxygen atoms in total. The van der Waals surface area contributed by atoms with Crippen molar-refractivity contribution in [3.8, 4) is 17.6 Å². The molecule has 0 spiro atoms. The Hall–Kier alpha value is -1.95. The van der Waals surface area contributed by atoms with Gasteiger partial charge in [-0.3, -0.25) is 9.80 Å². The summed E-state index contributed by atoms with van der Waals surface area (Å²) in [5.74, 6) is -1.50. The molecule has 0 aromatic heterocycles. The predicted molar refractivity (Wildman–Crippen MR) is 94.9 cm³/mol. The molecule has 2 heterocycles. The lowest BCUT2D eigenvalue weighted by Crippen LogP contribution is -2.45. The van der Waals surface area contributed by atoms with E-state index in [4.69, 9.17) is 14.7 Å². The van der Waals surface area contributed by atoms with E-state index in [2.05, 4.69) is 11.0 Å². The molecule has 0 amide bonds.